The van der Waals surface area contributed by atoms with Crippen molar-refractivity contribution in [3.63, 3.8) is 0 Å². The molecule has 0 bridgehead atoms. The summed E-state index contributed by atoms with van der Waals surface area (Å²) in [5, 5.41) is 3.36. The summed E-state index contributed by atoms with van der Waals surface area (Å²) >= 11 is 0. The zero-order valence-corrected chi connectivity index (χ0v) is 12.3. The molecule has 4 nitrogen and oxygen atoms in total. The largest absolute Gasteiger partial charge is 0.490 e. The van der Waals surface area contributed by atoms with Crippen molar-refractivity contribution in [1.82, 2.24) is 5.32 Å². The highest BCUT2D eigenvalue weighted by Gasteiger charge is 2.12. The van der Waals surface area contributed by atoms with Crippen LogP contribution in [0.2, 0.25) is 0 Å². The second kappa shape index (κ2) is 8.82. The van der Waals surface area contributed by atoms with Crippen LogP contribution in [0.4, 0.5) is 0 Å². The van der Waals surface area contributed by atoms with Gasteiger partial charge in [-0.3, -0.25) is 0 Å². The molecule has 1 aliphatic heterocycles. The van der Waals surface area contributed by atoms with Crippen molar-refractivity contribution in [2.24, 2.45) is 5.92 Å². The van der Waals surface area contributed by atoms with Gasteiger partial charge in [0.2, 0.25) is 0 Å². The maximum absolute atomic E-state index is 5.72. The van der Waals surface area contributed by atoms with Crippen molar-refractivity contribution in [1.29, 1.82) is 0 Å². The van der Waals surface area contributed by atoms with E-state index in [2.05, 4.69) is 5.32 Å². The number of nitrogens with one attached hydrogen (secondary N) is 1. The molecule has 1 fully saturated rings. The molecule has 0 aliphatic carbocycles. The van der Waals surface area contributed by atoms with Gasteiger partial charge in [0.05, 0.1) is 13.2 Å². The first-order valence-electron chi connectivity index (χ1n) is 7.53. The predicted octanol–water partition coefficient (Wildman–Crippen LogP) is 2.48. The molecule has 1 aliphatic rings. The summed E-state index contributed by atoms with van der Waals surface area (Å²) in [6.45, 7) is 6.89. The zero-order chi connectivity index (χ0) is 14.0. The number of hydrogen-bond acceptors (Lipinski definition) is 4. The van der Waals surface area contributed by atoms with E-state index in [0.29, 0.717) is 25.7 Å². The fraction of sp³-hybridized carbons (Fsp3) is 0.625. The van der Waals surface area contributed by atoms with Crippen molar-refractivity contribution in [3.05, 3.63) is 24.3 Å². The number of piperidine rings is 1. The molecule has 2 rings (SSSR count). The number of ether oxygens (including phenoxy) is 3. The lowest BCUT2D eigenvalue weighted by Crippen LogP contribution is -2.30. The molecule has 0 spiro atoms. The Morgan fingerprint density at radius 2 is 1.75 bits per heavy atom. The van der Waals surface area contributed by atoms with E-state index in [9.17, 15) is 0 Å². The SMILES string of the molecule is CCOc1ccccc1OCCOCC1CCNCC1. The molecule has 112 valence electrons. The van der Waals surface area contributed by atoms with Gasteiger partial charge in [0.25, 0.3) is 0 Å². The summed E-state index contributed by atoms with van der Waals surface area (Å²) in [5.74, 6) is 2.29. The van der Waals surface area contributed by atoms with Gasteiger partial charge >= 0.3 is 0 Å². The van der Waals surface area contributed by atoms with Crippen LogP contribution in [0.15, 0.2) is 24.3 Å². The van der Waals surface area contributed by atoms with Crippen LogP contribution in [0.3, 0.4) is 0 Å². The van der Waals surface area contributed by atoms with Crippen LogP contribution in [0.25, 0.3) is 0 Å². The Hall–Kier alpha value is -1.26. The van der Waals surface area contributed by atoms with E-state index in [-0.39, 0.29) is 0 Å². The Bertz CT molecular complexity index is 378. The van der Waals surface area contributed by atoms with Gasteiger partial charge in [-0.25, -0.2) is 0 Å². The molecule has 0 amide bonds. The Morgan fingerprint density at radius 1 is 1.05 bits per heavy atom. The number of hydrogen-bond donors (Lipinski definition) is 1. The first-order valence-corrected chi connectivity index (χ1v) is 7.53. The van der Waals surface area contributed by atoms with Crippen molar-refractivity contribution in [2.45, 2.75) is 19.8 Å². The van der Waals surface area contributed by atoms with Crippen LogP contribution in [-0.2, 0) is 4.74 Å². The second-order valence-electron chi connectivity index (χ2n) is 5.00. The van der Waals surface area contributed by atoms with Crippen molar-refractivity contribution < 1.29 is 14.2 Å². The summed E-state index contributed by atoms with van der Waals surface area (Å²) < 4.78 is 16.9. The number of para-hydroxylation sites is 2. The quantitative estimate of drug-likeness (QED) is 0.742. The van der Waals surface area contributed by atoms with Gasteiger partial charge in [-0.2, -0.15) is 0 Å². The van der Waals surface area contributed by atoms with Crippen molar-refractivity contribution in [3.8, 4) is 11.5 Å². The minimum absolute atomic E-state index is 0.565. The molecule has 4 heteroatoms. The van der Waals surface area contributed by atoms with E-state index >= 15 is 0 Å². The summed E-state index contributed by atoms with van der Waals surface area (Å²) in [7, 11) is 0. The fourth-order valence-electron chi connectivity index (χ4n) is 2.35. The van der Waals surface area contributed by atoms with Crippen LogP contribution < -0.4 is 14.8 Å². The Labute approximate surface area is 121 Å². The fourth-order valence-corrected chi connectivity index (χ4v) is 2.35. The third-order valence-electron chi connectivity index (χ3n) is 3.45. The summed E-state index contributed by atoms with van der Waals surface area (Å²) in [6.07, 6.45) is 2.43. The number of rotatable bonds is 8. The zero-order valence-electron chi connectivity index (χ0n) is 12.3. The normalized spacial score (nSPS) is 16.1. The maximum atomic E-state index is 5.72. The highest BCUT2D eigenvalue weighted by Crippen LogP contribution is 2.26. The van der Waals surface area contributed by atoms with Crippen molar-refractivity contribution in [2.75, 3.05) is 39.5 Å². The maximum Gasteiger partial charge on any atom is 0.161 e. The molecular formula is C16H25NO3. The van der Waals surface area contributed by atoms with Gasteiger partial charge in [0.1, 0.15) is 6.61 Å². The summed E-state index contributed by atoms with van der Waals surface area (Å²) in [4.78, 5) is 0. The second-order valence-corrected chi connectivity index (χ2v) is 5.00. The van der Waals surface area contributed by atoms with Crippen molar-refractivity contribution >= 4 is 0 Å². The molecule has 0 atom stereocenters. The van der Waals surface area contributed by atoms with Crippen LogP contribution in [-0.4, -0.2) is 39.5 Å². The Kier molecular flexibility index (Phi) is 6.68. The van der Waals surface area contributed by atoms with E-state index in [4.69, 9.17) is 14.2 Å². The molecule has 0 aromatic heterocycles. The molecule has 1 N–H and O–H groups in total. The molecule has 1 saturated heterocycles. The van der Waals surface area contributed by atoms with Gasteiger partial charge in [-0.1, -0.05) is 12.1 Å². The standard InChI is InChI=1S/C16H25NO3/c1-2-19-15-5-3-4-6-16(15)20-12-11-18-13-14-7-9-17-10-8-14/h3-6,14,17H,2,7-13H2,1H3. The monoisotopic (exact) mass is 279 g/mol. The first kappa shape index (κ1) is 15.1. The minimum Gasteiger partial charge on any atom is -0.490 e. The van der Waals surface area contributed by atoms with Crippen LogP contribution in [0, 0.1) is 5.92 Å². The van der Waals surface area contributed by atoms with E-state index in [0.717, 1.165) is 31.2 Å². The molecule has 0 radical (unpaired) electrons. The van der Waals surface area contributed by atoms with Crippen LogP contribution in [0.5, 0.6) is 11.5 Å². The van der Waals surface area contributed by atoms with E-state index in [1.165, 1.54) is 12.8 Å². The third kappa shape index (κ3) is 5.02. The van der Waals surface area contributed by atoms with Gasteiger partial charge in [0, 0.05) is 6.61 Å². The van der Waals surface area contributed by atoms with Crippen LogP contribution >= 0.6 is 0 Å². The van der Waals surface area contributed by atoms with Gasteiger partial charge in [-0.05, 0) is 50.9 Å². The summed E-state index contributed by atoms with van der Waals surface area (Å²) in [6, 6.07) is 7.76. The highest BCUT2D eigenvalue weighted by atomic mass is 16.5. The van der Waals surface area contributed by atoms with E-state index in [1.54, 1.807) is 0 Å². The smallest absolute Gasteiger partial charge is 0.161 e. The van der Waals surface area contributed by atoms with E-state index < -0.39 is 0 Å². The van der Waals surface area contributed by atoms with Gasteiger partial charge in [0.15, 0.2) is 11.5 Å². The molecule has 20 heavy (non-hydrogen) atoms. The molecule has 1 aromatic carbocycles. The predicted molar refractivity (Wildman–Crippen MR) is 79.5 cm³/mol. The molecule has 0 saturated carbocycles. The third-order valence-corrected chi connectivity index (χ3v) is 3.45. The molecule has 1 heterocycles. The number of benzene rings is 1. The Morgan fingerprint density at radius 3 is 2.45 bits per heavy atom. The molecule has 0 unspecified atom stereocenters. The van der Waals surface area contributed by atoms with Gasteiger partial charge in [-0.15, -0.1) is 0 Å². The lowest BCUT2D eigenvalue weighted by molar-refractivity contribution is 0.0647. The topological polar surface area (TPSA) is 39.7 Å². The van der Waals surface area contributed by atoms with Gasteiger partial charge < -0.3 is 19.5 Å². The lowest BCUT2D eigenvalue weighted by Gasteiger charge is -2.22. The average Bonchev–Trinajstić information content (AvgIpc) is 2.50. The molecule has 1 aromatic rings. The average molecular weight is 279 g/mol. The Balaban J connectivity index is 1.63. The lowest BCUT2D eigenvalue weighted by atomic mass is 9.99. The summed E-state index contributed by atoms with van der Waals surface area (Å²) in [5.41, 5.74) is 0. The minimum atomic E-state index is 0.565. The highest BCUT2D eigenvalue weighted by molar-refractivity contribution is 5.39. The van der Waals surface area contributed by atoms with E-state index in [1.807, 2.05) is 31.2 Å². The molecular weight excluding hydrogens is 254 g/mol. The first-order chi connectivity index (χ1) is 9.90. The van der Waals surface area contributed by atoms with Crippen LogP contribution in [0.1, 0.15) is 19.8 Å².